The predicted octanol–water partition coefficient (Wildman–Crippen LogP) is 3.28. The van der Waals surface area contributed by atoms with E-state index in [1.807, 2.05) is 0 Å². The molecule has 2 atom stereocenters. The van der Waals surface area contributed by atoms with Gasteiger partial charge in [0.1, 0.15) is 17.6 Å². The number of aromatic nitrogens is 2. The van der Waals surface area contributed by atoms with E-state index >= 15 is 0 Å². The zero-order chi connectivity index (χ0) is 30.0. The molecule has 3 heterocycles. The molecule has 2 aromatic carbocycles. The Balaban J connectivity index is 1.36. The molecule has 0 spiro atoms. The van der Waals surface area contributed by atoms with E-state index in [2.05, 4.69) is 20.6 Å². The fourth-order valence-electron chi connectivity index (χ4n) is 5.04. The first-order valence-electron chi connectivity index (χ1n) is 13.4. The molecule has 0 unspecified atom stereocenters. The van der Waals surface area contributed by atoms with Crippen LogP contribution in [0.1, 0.15) is 36.9 Å². The van der Waals surface area contributed by atoms with Gasteiger partial charge >= 0.3 is 0 Å². The van der Waals surface area contributed by atoms with Gasteiger partial charge in [0, 0.05) is 37.4 Å². The molecule has 3 aromatic rings. The van der Waals surface area contributed by atoms with Crippen molar-refractivity contribution in [3.05, 3.63) is 64.6 Å². The molecule has 224 valence electrons. The quantitative estimate of drug-likeness (QED) is 0.329. The summed E-state index contributed by atoms with van der Waals surface area (Å²) in [5.41, 5.74) is 1.69. The minimum Gasteiger partial charge on any atom is -0.497 e. The molecule has 2 aliphatic rings. The highest BCUT2D eigenvalue weighted by Crippen LogP contribution is 2.37. The SMILES string of the molecule is COc1cc(F)cc([C@@H](C)NC(=O)[C@@H](CO)N2Cc3ccc(-c4nc(NC5CCOCC5)ncc4Cl)cc3S2(=O)=O)c1. The third-order valence-electron chi connectivity index (χ3n) is 7.36. The van der Waals surface area contributed by atoms with Gasteiger partial charge in [-0.05, 0) is 49.1 Å². The van der Waals surface area contributed by atoms with Crippen LogP contribution in [0, 0.1) is 5.82 Å². The maximum Gasteiger partial charge on any atom is 0.244 e. The van der Waals surface area contributed by atoms with Crippen molar-refractivity contribution in [2.24, 2.45) is 0 Å². The maximum absolute atomic E-state index is 14.0. The Morgan fingerprint density at radius 3 is 2.74 bits per heavy atom. The van der Waals surface area contributed by atoms with E-state index in [9.17, 15) is 22.7 Å². The number of aliphatic hydroxyl groups excluding tert-OH is 1. The van der Waals surface area contributed by atoms with Crippen LogP contribution in [-0.4, -0.2) is 72.7 Å². The number of amides is 1. The summed E-state index contributed by atoms with van der Waals surface area (Å²) in [6.07, 6.45) is 3.08. The molecule has 5 rings (SSSR count). The van der Waals surface area contributed by atoms with Gasteiger partial charge in [-0.2, -0.15) is 4.31 Å². The van der Waals surface area contributed by atoms with Gasteiger partial charge in [0.25, 0.3) is 0 Å². The van der Waals surface area contributed by atoms with Crippen molar-refractivity contribution in [2.75, 3.05) is 32.2 Å². The summed E-state index contributed by atoms with van der Waals surface area (Å²) in [4.78, 5) is 22.0. The van der Waals surface area contributed by atoms with E-state index < -0.39 is 40.4 Å². The molecule has 1 aromatic heterocycles. The minimum absolute atomic E-state index is 0.0113. The number of ether oxygens (including phenoxy) is 2. The van der Waals surface area contributed by atoms with Gasteiger partial charge in [-0.25, -0.2) is 22.8 Å². The molecule has 42 heavy (non-hydrogen) atoms. The topological polar surface area (TPSA) is 143 Å². The lowest BCUT2D eigenvalue weighted by atomic mass is 10.1. The summed E-state index contributed by atoms with van der Waals surface area (Å²) < 4.78 is 52.7. The molecule has 11 nitrogen and oxygen atoms in total. The second kappa shape index (κ2) is 12.5. The number of carbonyl (C=O) groups is 1. The Hall–Kier alpha value is -3.36. The van der Waals surface area contributed by atoms with Crippen LogP contribution in [0.3, 0.4) is 0 Å². The second-order valence-corrected chi connectivity index (χ2v) is 12.4. The monoisotopic (exact) mass is 619 g/mol. The van der Waals surface area contributed by atoms with Gasteiger partial charge in [0.15, 0.2) is 0 Å². The third-order valence-corrected chi connectivity index (χ3v) is 9.58. The van der Waals surface area contributed by atoms with Crippen molar-refractivity contribution >= 4 is 33.5 Å². The Morgan fingerprint density at radius 1 is 1.26 bits per heavy atom. The van der Waals surface area contributed by atoms with E-state index in [1.54, 1.807) is 25.1 Å². The number of anilines is 1. The Bertz CT molecular complexity index is 1590. The van der Waals surface area contributed by atoms with Crippen LogP contribution in [0.25, 0.3) is 11.3 Å². The summed E-state index contributed by atoms with van der Waals surface area (Å²) in [5, 5.41) is 16.3. The first-order chi connectivity index (χ1) is 20.1. The van der Waals surface area contributed by atoms with Crippen LogP contribution in [-0.2, 0) is 26.1 Å². The van der Waals surface area contributed by atoms with Crippen molar-refractivity contribution < 1.29 is 32.2 Å². The summed E-state index contributed by atoms with van der Waals surface area (Å²) in [6.45, 7) is 2.03. The van der Waals surface area contributed by atoms with E-state index in [1.165, 1.54) is 31.5 Å². The van der Waals surface area contributed by atoms with Crippen LogP contribution in [0.15, 0.2) is 47.5 Å². The highest BCUT2D eigenvalue weighted by Gasteiger charge is 2.42. The molecule has 0 bridgehead atoms. The average Bonchev–Trinajstić information content (AvgIpc) is 3.24. The molecule has 1 saturated heterocycles. The smallest absolute Gasteiger partial charge is 0.244 e. The van der Waals surface area contributed by atoms with Crippen LogP contribution in [0.4, 0.5) is 10.3 Å². The number of carbonyl (C=O) groups excluding carboxylic acids is 1. The zero-order valence-electron chi connectivity index (χ0n) is 23.0. The van der Waals surface area contributed by atoms with Gasteiger partial charge in [0.05, 0.1) is 41.6 Å². The molecule has 0 aliphatic carbocycles. The Labute approximate surface area is 248 Å². The number of aliphatic hydroxyl groups is 1. The standard InChI is InChI=1S/C28H31ClFN5O6S/c1-16(19-9-20(30)12-22(10-19)40-2)32-27(37)24(15-36)35-14-18-4-3-17(11-25(18)42(35,38)39)26-23(29)13-31-28(34-26)33-21-5-7-41-8-6-21/h3-4,9-13,16,21,24,36H,5-8,14-15H2,1-2H3,(H,32,37)(H,31,33,34)/t16-,24-/m1/s1. The molecular formula is C28H31ClFN5O6S. The molecule has 0 radical (unpaired) electrons. The molecule has 1 fully saturated rings. The first-order valence-corrected chi connectivity index (χ1v) is 15.2. The molecule has 0 saturated carbocycles. The lowest BCUT2D eigenvalue weighted by Gasteiger charge is -2.26. The number of hydrogen-bond acceptors (Lipinski definition) is 9. The van der Waals surface area contributed by atoms with Gasteiger partial charge < -0.3 is 25.2 Å². The number of halogens is 2. The van der Waals surface area contributed by atoms with Crippen molar-refractivity contribution in [1.82, 2.24) is 19.6 Å². The second-order valence-electron chi connectivity index (χ2n) is 10.1. The molecular weight excluding hydrogens is 589 g/mol. The Morgan fingerprint density at radius 2 is 2.02 bits per heavy atom. The van der Waals surface area contributed by atoms with Gasteiger partial charge in [-0.15, -0.1) is 0 Å². The highest BCUT2D eigenvalue weighted by molar-refractivity contribution is 7.89. The zero-order valence-corrected chi connectivity index (χ0v) is 24.6. The summed E-state index contributed by atoms with van der Waals surface area (Å²) in [5.74, 6) is -0.637. The summed E-state index contributed by atoms with van der Waals surface area (Å²) >= 11 is 6.42. The van der Waals surface area contributed by atoms with Gasteiger partial charge in [-0.3, -0.25) is 4.79 Å². The van der Waals surface area contributed by atoms with E-state index in [4.69, 9.17) is 21.1 Å². The number of nitrogens with one attached hydrogen (secondary N) is 2. The fraction of sp³-hybridized carbons (Fsp3) is 0.393. The molecule has 14 heteroatoms. The maximum atomic E-state index is 14.0. The number of sulfonamides is 1. The van der Waals surface area contributed by atoms with Crippen LogP contribution < -0.4 is 15.4 Å². The third kappa shape index (κ3) is 6.20. The van der Waals surface area contributed by atoms with E-state index in [0.717, 1.165) is 17.1 Å². The molecule has 2 aliphatic heterocycles. The van der Waals surface area contributed by atoms with Crippen molar-refractivity contribution in [3.63, 3.8) is 0 Å². The largest absolute Gasteiger partial charge is 0.497 e. The van der Waals surface area contributed by atoms with Crippen molar-refractivity contribution in [3.8, 4) is 17.0 Å². The number of benzene rings is 2. The van der Waals surface area contributed by atoms with Crippen LogP contribution >= 0.6 is 11.6 Å². The Kier molecular flexibility index (Phi) is 8.94. The predicted molar refractivity (Wildman–Crippen MR) is 153 cm³/mol. The summed E-state index contributed by atoms with van der Waals surface area (Å²) in [6, 6.07) is 6.86. The number of rotatable bonds is 9. The lowest BCUT2D eigenvalue weighted by molar-refractivity contribution is -0.126. The number of nitrogens with zero attached hydrogens (tertiary/aromatic N) is 3. The van der Waals surface area contributed by atoms with E-state index in [0.29, 0.717) is 41.5 Å². The lowest BCUT2D eigenvalue weighted by Crippen LogP contribution is -2.49. The molecule has 3 N–H and O–H groups in total. The number of methoxy groups -OCH3 is 1. The first kappa shape index (κ1) is 30.1. The van der Waals surface area contributed by atoms with Crippen LogP contribution in [0.5, 0.6) is 5.75 Å². The minimum atomic E-state index is -4.18. The summed E-state index contributed by atoms with van der Waals surface area (Å²) in [7, 11) is -2.78. The number of hydrogen-bond donors (Lipinski definition) is 3. The van der Waals surface area contributed by atoms with Crippen molar-refractivity contribution in [1.29, 1.82) is 0 Å². The van der Waals surface area contributed by atoms with E-state index in [-0.39, 0.29) is 28.3 Å². The van der Waals surface area contributed by atoms with Gasteiger partial charge in [0.2, 0.25) is 21.9 Å². The number of fused-ring (bicyclic) bond motifs is 1. The van der Waals surface area contributed by atoms with Crippen LogP contribution in [0.2, 0.25) is 5.02 Å². The van der Waals surface area contributed by atoms with Gasteiger partial charge in [-0.1, -0.05) is 23.7 Å². The highest BCUT2D eigenvalue weighted by atomic mass is 35.5. The fourth-order valence-corrected chi connectivity index (χ4v) is 7.04. The van der Waals surface area contributed by atoms with Crippen molar-refractivity contribution in [2.45, 2.75) is 49.3 Å². The average molecular weight is 620 g/mol. The molecule has 1 amide bonds. The normalized spacial score (nSPS) is 18.2.